The predicted molar refractivity (Wildman–Crippen MR) is 111 cm³/mol. The SMILES string of the molecule is CCOCCOC(=O)COc1ccc2c(=O)c(Oc3ccccc3CC)coc2c1. The Balaban J connectivity index is 1.68. The van der Waals surface area contributed by atoms with E-state index in [-0.39, 0.29) is 24.4 Å². The van der Waals surface area contributed by atoms with Gasteiger partial charge >= 0.3 is 5.97 Å². The van der Waals surface area contributed by atoms with Gasteiger partial charge in [-0.1, -0.05) is 25.1 Å². The van der Waals surface area contributed by atoms with E-state index in [0.29, 0.717) is 35.7 Å². The summed E-state index contributed by atoms with van der Waals surface area (Å²) >= 11 is 0. The quantitative estimate of drug-likeness (QED) is 0.366. The van der Waals surface area contributed by atoms with Crippen LogP contribution in [-0.2, 0) is 20.7 Å². The fourth-order valence-corrected chi connectivity index (χ4v) is 2.81. The second kappa shape index (κ2) is 10.5. The van der Waals surface area contributed by atoms with Crippen molar-refractivity contribution in [3.05, 3.63) is 64.5 Å². The predicted octanol–water partition coefficient (Wildman–Crippen LogP) is 4.11. The van der Waals surface area contributed by atoms with Crippen LogP contribution < -0.4 is 14.9 Å². The van der Waals surface area contributed by atoms with E-state index in [1.54, 1.807) is 18.2 Å². The molecule has 158 valence electrons. The first-order valence-electron chi connectivity index (χ1n) is 9.79. The third kappa shape index (κ3) is 5.39. The second-order valence-corrected chi connectivity index (χ2v) is 6.36. The average molecular weight is 412 g/mol. The lowest BCUT2D eigenvalue weighted by Crippen LogP contribution is -2.17. The van der Waals surface area contributed by atoms with Crippen molar-refractivity contribution >= 4 is 16.9 Å². The number of para-hydroxylation sites is 1. The molecule has 1 aromatic heterocycles. The van der Waals surface area contributed by atoms with Crippen LogP contribution in [0.1, 0.15) is 19.4 Å². The maximum atomic E-state index is 12.8. The molecule has 0 unspecified atom stereocenters. The van der Waals surface area contributed by atoms with Crippen molar-refractivity contribution in [2.24, 2.45) is 0 Å². The van der Waals surface area contributed by atoms with Crippen molar-refractivity contribution < 1.29 is 28.2 Å². The lowest BCUT2D eigenvalue weighted by atomic mass is 10.1. The molecule has 0 fully saturated rings. The molecule has 0 aliphatic rings. The number of fused-ring (bicyclic) bond motifs is 1. The van der Waals surface area contributed by atoms with Gasteiger partial charge in [-0.25, -0.2) is 4.79 Å². The highest BCUT2D eigenvalue weighted by molar-refractivity contribution is 5.79. The number of carbonyl (C=O) groups is 1. The van der Waals surface area contributed by atoms with Gasteiger partial charge < -0.3 is 23.4 Å². The summed E-state index contributed by atoms with van der Waals surface area (Å²) in [7, 11) is 0. The fourth-order valence-electron chi connectivity index (χ4n) is 2.81. The van der Waals surface area contributed by atoms with Crippen molar-refractivity contribution in [1.29, 1.82) is 0 Å². The highest BCUT2D eigenvalue weighted by atomic mass is 16.6. The molecule has 7 nitrogen and oxygen atoms in total. The number of rotatable bonds is 10. The summed E-state index contributed by atoms with van der Waals surface area (Å²) in [6, 6.07) is 12.3. The van der Waals surface area contributed by atoms with Crippen LogP contribution in [0, 0.1) is 0 Å². The Morgan fingerprint density at radius 3 is 2.67 bits per heavy atom. The standard InChI is InChI=1S/C23H24O7/c1-3-16-7-5-6-8-19(16)30-21-14-29-20-13-17(9-10-18(20)23(21)25)28-15-22(24)27-12-11-26-4-2/h5-10,13-14H,3-4,11-12,15H2,1-2H3. The normalized spacial score (nSPS) is 10.7. The molecule has 0 radical (unpaired) electrons. The smallest absolute Gasteiger partial charge is 0.344 e. The maximum Gasteiger partial charge on any atom is 0.344 e. The minimum absolute atomic E-state index is 0.106. The molecule has 1 heterocycles. The number of hydrogen-bond donors (Lipinski definition) is 0. The lowest BCUT2D eigenvalue weighted by molar-refractivity contribution is -0.147. The van der Waals surface area contributed by atoms with Gasteiger partial charge in [-0.2, -0.15) is 0 Å². The van der Waals surface area contributed by atoms with Crippen LogP contribution in [0.15, 0.2) is 57.9 Å². The molecule has 0 saturated heterocycles. The number of aryl methyl sites for hydroxylation is 1. The summed E-state index contributed by atoms with van der Waals surface area (Å²) in [5.74, 6) is 0.608. The zero-order valence-electron chi connectivity index (χ0n) is 17.0. The van der Waals surface area contributed by atoms with E-state index in [1.165, 1.54) is 6.26 Å². The number of carbonyl (C=O) groups excluding carboxylic acids is 1. The summed E-state index contributed by atoms with van der Waals surface area (Å²) < 4.78 is 26.9. The fraction of sp³-hybridized carbons (Fsp3) is 0.304. The number of benzene rings is 2. The van der Waals surface area contributed by atoms with Crippen LogP contribution in [0.5, 0.6) is 17.2 Å². The molecule has 0 aliphatic heterocycles. The number of ether oxygens (including phenoxy) is 4. The van der Waals surface area contributed by atoms with Crippen LogP contribution in [-0.4, -0.2) is 32.4 Å². The van der Waals surface area contributed by atoms with Crippen molar-refractivity contribution in [2.75, 3.05) is 26.4 Å². The Morgan fingerprint density at radius 2 is 1.87 bits per heavy atom. The third-order valence-corrected chi connectivity index (χ3v) is 4.34. The number of esters is 1. The first-order valence-corrected chi connectivity index (χ1v) is 9.79. The Kier molecular flexibility index (Phi) is 7.45. The van der Waals surface area contributed by atoms with E-state index in [9.17, 15) is 9.59 Å². The van der Waals surface area contributed by atoms with Crippen molar-refractivity contribution in [1.82, 2.24) is 0 Å². The third-order valence-electron chi connectivity index (χ3n) is 4.34. The van der Waals surface area contributed by atoms with E-state index < -0.39 is 5.97 Å². The lowest BCUT2D eigenvalue weighted by Gasteiger charge is -2.10. The molecule has 0 saturated carbocycles. The first kappa shape index (κ1) is 21.4. The van der Waals surface area contributed by atoms with Gasteiger partial charge in [0.05, 0.1) is 12.0 Å². The molecular weight excluding hydrogens is 388 g/mol. The van der Waals surface area contributed by atoms with Gasteiger partial charge in [-0.15, -0.1) is 0 Å². The zero-order valence-corrected chi connectivity index (χ0v) is 17.0. The largest absolute Gasteiger partial charge is 0.482 e. The molecule has 2 aromatic carbocycles. The molecule has 0 aliphatic carbocycles. The zero-order chi connectivity index (χ0) is 21.3. The molecule has 3 aromatic rings. The van der Waals surface area contributed by atoms with E-state index in [4.69, 9.17) is 23.4 Å². The van der Waals surface area contributed by atoms with Gasteiger partial charge in [-0.3, -0.25) is 4.79 Å². The highest BCUT2D eigenvalue weighted by Gasteiger charge is 2.12. The van der Waals surface area contributed by atoms with Crippen molar-refractivity contribution in [2.45, 2.75) is 20.3 Å². The summed E-state index contributed by atoms with van der Waals surface area (Å²) in [4.78, 5) is 24.4. The minimum atomic E-state index is -0.505. The van der Waals surface area contributed by atoms with E-state index in [0.717, 1.165) is 12.0 Å². The molecule has 0 bridgehead atoms. The second-order valence-electron chi connectivity index (χ2n) is 6.36. The first-order chi connectivity index (χ1) is 14.6. The van der Waals surface area contributed by atoms with Gasteiger partial charge in [0.2, 0.25) is 11.2 Å². The van der Waals surface area contributed by atoms with E-state index in [1.807, 2.05) is 38.1 Å². The van der Waals surface area contributed by atoms with E-state index in [2.05, 4.69) is 0 Å². The van der Waals surface area contributed by atoms with Gasteiger partial charge in [-0.05, 0) is 37.1 Å². The number of hydrogen-bond acceptors (Lipinski definition) is 7. The van der Waals surface area contributed by atoms with Gasteiger partial charge in [0.1, 0.15) is 30.0 Å². The summed E-state index contributed by atoms with van der Waals surface area (Å²) in [5.41, 5.74) is 1.04. The Hall–Kier alpha value is -3.32. The molecule has 3 rings (SSSR count). The molecular formula is C23H24O7. The minimum Gasteiger partial charge on any atom is -0.482 e. The van der Waals surface area contributed by atoms with Crippen LogP contribution >= 0.6 is 0 Å². The molecule has 0 atom stereocenters. The Labute approximate surface area is 174 Å². The van der Waals surface area contributed by atoms with Crippen LogP contribution in [0.25, 0.3) is 11.0 Å². The van der Waals surface area contributed by atoms with Crippen molar-refractivity contribution in [3.63, 3.8) is 0 Å². The van der Waals surface area contributed by atoms with Gasteiger partial charge in [0, 0.05) is 12.7 Å². The van der Waals surface area contributed by atoms with Gasteiger partial charge in [0.25, 0.3) is 0 Å². The maximum absolute atomic E-state index is 12.8. The monoisotopic (exact) mass is 412 g/mol. The summed E-state index contributed by atoms with van der Waals surface area (Å²) in [5, 5.41) is 0.355. The van der Waals surface area contributed by atoms with Crippen LogP contribution in [0.4, 0.5) is 0 Å². The molecule has 30 heavy (non-hydrogen) atoms. The van der Waals surface area contributed by atoms with E-state index >= 15 is 0 Å². The Bertz CT molecular complexity index is 1050. The average Bonchev–Trinajstić information content (AvgIpc) is 2.77. The molecule has 0 amide bonds. The van der Waals surface area contributed by atoms with Crippen LogP contribution in [0.2, 0.25) is 0 Å². The topological polar surface area (TPSA) is 84.2 Å². The molecule has 7 heteroatoms. The van der Waals surface area contributed by atoms with Crippen molar-refractivity contribution in [3.8, 4) is 17.2 Å². The summed E-state index contributed by atoms with van der Waals surface area (Å²) in [6.45, 7) is 4.71. The molecule has 0 spiro atoms. The molecule has 0 N–H and O–H groups in total. The highest BCUT2D eigenvalue weighted by Crippen LogP contribution is 2.26. The Morgan fingerprint density at radius 1 is 1.03 bits per heavy atom. The summed E-state index contributed by atoms with van der Waals surface area (Å²) in [6.07, 6.45) is 2.06. The van der Waals surface area contributed by atoms with Crippen LogP contribution in [0.3, 0.4) is 0 Å². The van der Waals surface area contributed by atoms with Gasteiger partial charge in [0.15, 0.2) is 6.61 Å².